The second kappa shape index (κ2) is 11.7. The summed E-state index contributed by atoms with van der Waals surface area (Å²) in [6, 6.07) is 16.6. The van der Waals surface area contributed by atoms with Crippen LogP contribution >= 0.6 is 23.2 Å². The van der Waals surface area contributed by atoms with Gasteiger partial charge in [0.25, 0.3) is 5.91 Å². The smallest absolute Gasteiger partial charge is 0.406 e. The molecule has 0 aromatic heterocycles. The molecule has 0 spiro atoms. The largest absolute Gasteiger partial charge is 0.573 e. The van der Waals surface area contributed by atoms with Gasteiger partial charge >= 0.3 is 6.36 Å². The minimum Gasteiger partial charge on any atom is -0.406 e. The standard InChI is InChI=1S/C28H25Cl2F3N2O3/c1-17(36)34-24-12-11-23(29)26(30)25(24)27(37)35(16-19-5-7-20(8-6-19)21-9-10-21)14-13-18-3-2-4-22(15-18)38-28(31,32)33/h2-8,11-12,15,21H,9-10,13-14,16H2,1H3,(H,34,36). The average Bonchev–Trinajstić information content (AvgIpc) is 3.69. The number of rotatable bonds is 9. The molecule has 1 N–H and O–H groups in total. The van der Waals surface area contributed by atoms with Crippen LogP contribution < -0.4 is 10.1 Å². The van der Waals surface area contributed by atoms with E-state index in [0.717, 1.165) is 5.56 Å². The van der Waals surface area contributed by atoms with E-state index in [0.29, 0.717) is 11.5 Å². The number of hydrogen-bond donors (Lipinski definition) is 1. The molecular weight excluding hydrogens is 540 g/mol. The van der Waals surface area contributed by atoms with Crippen molar-refractivity contribution >= 4 is 40.7 Å². The molecule has 200 valence electrons. The van der Waals surface area contributed by atoms with Crippen molar-refractivity contribution < 1.29 is 27.5 Å². The Kier molecular flexibility index (Phi) is 8.53. The third-order valence-corrected chi connectivity index (χ3v) is 6.92. The summed E-state index contributed by atoms with van der Waals surface area (Å²) < 4.78 is 42.1. The number of carbonyl (C=O) groups excluding carboxylic acids is 2. The van der Waals surface area contributed by atoms with Gasteiger partial charge in [0.2, 0.25) is 5.91 Å². The van der Waals surface area contributed by atoms with Crippen LogP contribution in [0.3, 0.4) is 0 Å². The highest BCUT2D eigenvalue weighted by molar-refractivity contribution is 6.44. The molecule has 3 aromatic carbocycles. The van der Waals surface area contributed by atoms with Gasteiger partial charge < -0.3 is 15.0 Å². The van der Waals surface area contributed by atoms with E-state index in [1.54, 1.807) is 6.07 Å². The number of nitrogens with one attached hydrogen (secondary N) is 1. The summed E-state index contributed by atoms with van der Waals surface area (Å²) >= 11 is 12.6. The van der Waals surface area contributed by atoms with Gasteiger partial charge in [0.15, 0.2) is 0 Å². The van der Waals surface area contributed by atoms with Crippen LogP contribution in [0.4, 0.5) is 18.9 Å². The van der Waals surface area contributed by atoms with Gasteiger partial charge in [-0.3, -0.25) is 9.59 Å². The van der Waals surface area contributed by atoms with Crippen LogP contribution in [0.5, 0.6) is 5.75 Å². The molecule has 1 saturated carbocycles. The fourth-order valence-electron chi connectivity index (χ4n) is 4.16. The molecule has 0 heterocycles. The molecule has 0 bridgehead atoms. The average molecular weight is 565 g/mol. The molecule has 38 heavy (non-hydrogen) atoms. The van der Waals surface area contributed by atoms with Crippen LogP contribution in [-0.4, -0.2) is 29.6 Å². The van der Waals surface area contributed by atoms with Crippen molar-refractivity contribution in [2.45, 2.75) is 45.0 Å². The Labute approximate surface area is 228 Å². The van der Waals surface area contributed by atoms with Crippen LogP contribution in [0.2, 0.25) is 10.0 Å². The van der Waals surface area contributed by atoms with Crippen molar-refractivity contribution in [2.24, 2.45) is 0 Å². The van der Waals surface area contributed by atoms with Gasteiger partial charge in [-0.2, -0.15) is 0 Å². The van der Waals surface area contributed by atoms with Crippen LogP contribution in [-0.2, 0) is 17.8 Å². The lowest BCUT2D eigenvalue weighted by molar-refractivity contribution is -0.274. The number of anilines is 1. The van der Waals surface area contributed by atoms with Gasteiger partial charge in [0, 0.05) is 20.0 Å². The molecule has 0 saturated heterocycles. The molecule has 10 heteroatoms. The van der Waals surface area contributed by atoms with E-state index in [1.165, 1.54) is 60.6 Å². The maximum Gasteiger partial charge on any atom is 0.573 e. The van der Waals surface area contributed by atoms with Crippen LogP contribution in [0, 0.1) is 0 Å². The van der Waals surface area contributed by atoms with E-state index < -0.39 is 12.3 Å². The van der Waals surface area contributed by atoms with Gasteiger partial charge in [-0.25, -0.2) is 0 Å². The van der Waals surface area contributed by atoms with E-state index in [2.05, 4.69) is 10.1 Å². The summed E-state index contributed by atoms with van der Waals surface area (Å²) in [5.74, 6) is -0.621. The Morgan fingerprint density at radius 3 is 2.37 bits per heavy atom. The van der Waals surface area contributed by atoms with Gasteiger partial charge in [0.05, 0.1) is 21.3 Å². The van der Waals surface area contributed by atoms with Gasteiger partial charge in [-0.05, 0) is 66.1 Å². The Morgan fingerprint density at radius 2 is 1.74 bits per heavy atom. The summed E-state index contributed by atoms with van der Waals surface area (Å²) in [7, 11) is 0. The fourth-order valence-corrected chi connectivity index (χ4v) is 4.56. The molecule has 1 fully saturated rings. The first-order valence-electron chi connectivity index (χ1n) is 12.0. The van der Waals surface area contributed by atoms with Crippen molar-refractivity contribution in [3.63, 3.8) is 0 Å². The number of hydrogen-bond acceptors (Lipinski definition) is 3. The summed E-state index contributed by atoms with van der Waals surface area (Å²) in [6.07, 6.45) is -2.23. The Bertz CT molecular complexity index is 1330. The van der Waals surface area contributed by atoms with Crippen molar-refractivity contribution in [2.75, 3.05) is 11.9 Å². The Balaban J connectivity index is 1.62. The number of benzene rings is 3. The first-order chi connectivity index (χ1) is 18.0. The number of amides is 2. The zero-order chi connectivity index (χ0) is 27.4. The number of alkyl halides is 3. The lowest BCUT2D eigenvalue weighted by Crippen LogP contribution is -2.33. The summed E-state index contributed by atoms with van der Waals surface area (Å²) in [6.45, 7) is 1.68. The molecular formula is C28H25Cl2F3N2O3. The highest BCUT2D eigenvalue weighted by atomic mass is 35.5. The lowest BCUT2D eigenvalue weighted by atomic mass is 10.1. The highest BCUT2D eigenvalue weighted by Gasteiger charge is 2.31. The van der Waals surface area contributed by atoms with Crippen LogP contribution in [0.1, 0.15) is 52.7 Å². The molecule has 1 aliphatic rings. The monoisotopic (exact) mass is 564 g/mol. The maximum atomic E-state index is 13.8. The van der Waals surface area contributed by atoms with Gasteiger partial charge in [0.1, 0.15) is 5.75 Å². The van der Waals surface area contributed by atoms with Crippen molar-refractivity contribution in [3.05, 3.63) is 93.0 Å². The SMILES string of the molecule is CC(=O)Nc1ccc(Cl)c(Cl)c1C(=O)N(CCc1cccc(OC(F)(F)F)c1)Cc1ccc(C2CC2)cc1. The predicted molar refractivity (Wildman–Crippen MR) is 141 cm³/mol. The predicted octanol–water partition coefficient (Wildman–Crippen LogP) is 7.61. The van der Waals surface area contributed by atoms with Crippen LogP contribution in [0.15, 0.2) is 60.7 Å². The highest BCUT2D eigenvalue weighted by Crippen LogP contribution is 2.40. The zero-order valence-corrected chi connectivity index (χ0v) is 22.0. The van der Waals surface area contributed by atoms with E-state index in [4.69, 9.17) is 23.2 Å². The summed E-state index contributed by atoms with van der Waals surface area (Å²) in [5, 5.41) is 2.76. The van der Waals surface area contributed by atoms with Crippen molar-refractivity contribution in [1.82, 2.24) is 4.90 Å². The number of carbonyl (C=O) groups is 2. The molecule has 0 unspecified atom stereocenters. The maximum absolute atomic E-state index is 13.8. The molecule has 4 rings (SSSR count). The number of halogens is 5. The fraction of sp³-hybridized carbons (Fsp3) is 0.286. The minimum absolute atomic E-state index is 0.00225. The molecule has 0 radical (unpaired) electrons. The number of nitrogens with zero attached hydrogens (tertiary/aromatic N) is 1. The third-order valence-electron chi connectivity index (χ3n) is 6.11. The number of ether oxygens (including phenoxy) is 1. The van der Waals surface area contributed by atoms with Gasteiger partial charge in [-0.1, -0.05) is 59.6 Å². The van der Waals surface area contributed by atoms with Gasteiger partial charge in [-0.15, -0.1) is 13.2 Å². The molecule has 1 aliphatic carbocycles. The lowest BCUT2D eigenvalue weighted by Gasteiger charge is -2.25. The van der Waals surface area contributed by atoms with E-state index in [-0.39, 0.29) is 52.5 Å². The first-order valence-corrected chi connectivity index (χ1v) is 12.7. The summed E-state index contributed by atoms with van der Waals surface area (Å²) in [4.78, 5) is 27.2. The van der Waals surface area contributed by atoms with E-state index >= 15 is 0 Å². The van der Waals surface area contributed by atoms with Crippen molar-refractivity contribution in [3.8, 4) is 5.75 Å². The Morgan fingerprint density at radius 1 is 1.03 bits per heavy atom. The molecule has 3 aromatic rings. The quantitative estimate of drug-likeness (QED) is 0.291. The second-order valence-corrected chi connectivity index (χ2v) is 9.94. The molecule has 0 aliphatic heterocycles. The molecule has 0 atom stereocenters. The topological polar surface area (TPSA) is 58.6 Å². The molecule has 5 nitrogen and oxygen atoms in total. The first kappa shape index (κ1) is 27.8. The van der Waals surface area contributed by atoms with Crippen molar-refractivity contribution in [1.29, 1.82) is 0 Å². The summed E-state index contributed by atoms with van der Waals surface area (Å²) in [5.41, 5.74) is 2.92. The third kappa shape index (κ3) is 7.42. The minimum atomic E-state index is -4.81. The normalized spacial score (nSPS) is 13.2. The molecule has 2 amide bonds. The van der Waals surface area contributed by atoms with Crippen LogP contribution in [0.25, 0.3) is 0 Å². The Hall–Kier alpha value is -3.23. The zero-order valence-electron chi connectivity index (χ0n) is 20.4. The van der Waals surface area contributed by atoms with E-state index in [9.17, 15) is 22.8 Å². The van der Waals surface area contributed by atoms with E-state index in [1.807, 2.05) is 24.3 Å². The second-order valence-electron chi connectivity index (χ2n) is 9.15.